The zero-order chi connectivity index (χ0) is 80.4. The molecule has 1 saturated heterocycles. The summed E-state index contributed by atoms with van der Waals surface area (Å²) in [7, 11) is 5.42. The number of fused-ring (bicyclic) bond motifs is 24. The van der Waals surface area contributed by atoms with Crippen molar-refractivity contribution < 1.29 is 32.8 Å². The summed E-state index contributed by atoms with van der Waals surface area (Å²) in [6.07, 6.45) is 0. The molecule has 572 valence electrons. The Morgan fingerprint density at radius 3 is 1.05 bits per heavy atom. The standard InChI is InChI=1S/C56H32N6O2.C25H14BrN3O.C12H16B2O2.C6H14O2/c1-7-18-51-39(12-1)41-31-37(22-26-53(41)63-51)59-47-24-20-35(29-49(47)61-45-16-5-3-14-43(45)57-55(59)61)33-10-9-11-34(28-33)36-21-25-48-50(30-36)62-46-17-6-4-15-44(46)58-56(62)60(48)38-23-27-54-42(32-38)40-13-2-8-19-52(40)64-54;26-15-9-11-21-22(13-15)29-20-7-3-2-6-19(20)27-25(29)28(21)16-10-12-24-18(14-16)17-5-1-4-8-23(17)30-24;1-11(2)12(3,4)16-14(15-11)10-7-5-6-9(13)8-10;1-5(2,7)6(3,4)8/h1-32H;1-14H;5-8H,1-4H3;7-8H,1-4H3. The van der Waals surface area contributed by atoms with E-state index in [4.69, 9.17) is 55.6 Å². The zero-order valence-corrected chi connectivity index (χ0v) is 67.4. The third-order valence-electron chi connectivity index (χ3n) is 23.9. The Labute approximate surface area is 686 Å². The van der Waals surface area contributed by atoms with Crippen molar-refractivity contribution in [3.8, 4) is 39.3 Å². The van der Waals surface area contributed by atoms with E-state index < -0.39 is 11.2 Å². The normalized spacial score (nSPS) is 13.8. The van der Waals surface area contributed by atoms with Crippen molar-refractivity contribution in [2.75, 3.05) is 0 Å². The maximum atomic E-state index is 9.10. The number of para-hydroxylation sites is 9. The van der Waals surface area contributed by atoms with Crippen LogP contribution < -0.4 is 10.9 Å². The van der Waals surface area contributed by atoms with Gasteiger partial charge in [0.25, 0.3) is 0 Å². The molecule has 0 bridgehead atoms. The summed E-state index contributed by atoms with van der Waals surface area (Å²) in [6, 6.07) is 105. The van der Waals surface area contributed by atoms with Crippen LogP contribution in [0.5, 0.6) is 0 Å². The Kier molecular flexibility index (Phi) is 16.7. The zero-order valence-electron chi connectivity index (χ0n) is 65.9. The first-order valence-corrected chi connectivity index (χ1v) is 40.3. The number of nitrogens with zero attached hydrogens (tertiary/aromatic N) is 9. The molecule has 0 saturated carbocycles. The van der Waals surface area contributed by atoms with Crippen LogP contribution in [0.2, 0.25) is 0 Å². The lowest BCUT2D eigenvalue weighted by atomic mass is 9.76. The van der Waals surface area contributed by atoms with Gasteiger partial charge in [0.1, 0.15) is 41.3 Å². The number of furan rings is 3. The molecular formula is C99H76B2BrN9O7. The quantitative estimate of drug-likeness (QED) is 0.147. The number of hydrogen-bond donors (Lipinski definition) is 2. The van der Waals surface area contributed by atoms with E-state index in [0.717, 1.165) is 204 Å². The van der Waals surface area contributed by atoms with Crippen LogP contribution in [0.1, 0.15) is 55.4 Å². The molecule has 14 aromatic carbocycles. The van der Waals surface area contributed by atoms with Crippen molar-refractivity contribution in [1.82, 2.24) is 41.9 Å². The number of hydrogen-bond acceptors (Lipinski definition) is 10. The summed E-state index contributed by atoms with van der Waals surface area (Å²) >= 11 is 3.64. The monoisotopic (exact) mass is 1600 g/mol. The third kappa shape index (κ3) is 11.9. The van der Waals surface area contributed by atoms with Gasteiger partial charge in [-0.1, -0.05) is 167 Å². The predicted octanol–water partition coefficient (Wildman–Crippen LogP) is 22.7. The Bertz CT molecular complexity index is 7700. The molecular weight excluding hydrogens is 1530 g/mol. The number of rotatable bonds is 7. The topological polar surface area (TPSA) is 165 Å². The predicted molar refractivity (Wildman–Crippen MR) is 483 cm³/mol. The highest BCUT2D eigenvalue weighted by Crippen LogP contribution is 2.42. The lowest BCUT2D eigenvalue weighted by molar-refractivity contribution is -0.107. The van der Waals surface area contributed by atoms with Gasteiger partial charge in [-0.25, -0.2) is 15.0 Å². The van der Waals surface area contributed by atoms with Gasteiger partial charge in [0, 0.05) is 36.8 Å². The Balaban J connectivity index is 0.000000131. The van der Waals surface area contributed by atoms with Crippen molar-refractivity contribution in [3.05, 3.63) is 308 Å². The van der Waals surface area contributed by atoms with Crippen LogP contribution in [0.4, 0.5) is 0 Å². The molecule has 1 fully saturated rings. The van der Waals surface area contributed by atoms with Crippen LogP contribution in [-0.4, -0.2) is 89.4 Å². The molecule has 1 aliphatic rings. The lowest BCUT2D eigenvalue weighted by Crippen LogP contribution is -2.44. The summed E-state index contributed by atoms with van der Waals surface area (Å²) in [5.74, 6) is 2.63. The van der Waals surface area contributed by atoms with Gasteiger partial charge in [0.05, 0.1) is 106 Å². The minimum absolute atomic E-state index is 0.303. The van der Waals surface area contributed by atoms with Gasteiger partial charge < -0.3 is 32.8 Å². The average molecular weight is 1610 g/mol. The van der Waals surface area contributed by atoms with E-state index in [1.807, 2.05) is 100 Å². The first-order chi connectivity index (χ1) is 57.0. The summed E-state index contributed by atoms with van der Waals surface area (Å²) in [5, 5.41) is 24.8. The molecule has 10 heterocycles. The number of aromatic nitrogens is 9. The fraction of sp³-hybridized carbons (Fsp3) is 0.121. The first kappa shape index (κ1) is 72.4. The highest BCUT2D eigenvalue weighted by atomic mass is 79.9. The molecule has 19 heteroatoms. The molecule has 0 unspecified atom stereocenters. The molecule has 0 amide bonds. The second-order valence-electron chi connectivity index (χ2n) is 32.5. The van der Waals surface area contributed by atoms with Crippen LogP contribution in [0.3, 0.4) is 0 Å². The van der Waals surface area contributed by atoms with Gasteiger partial charge in [-0.15, -0.1) is 0 Å². The second-order valence-corrected chi connectivity index (χ2v) is 33.5. The van der Waals surface area contributed by atoms with Crippen LogP contribution in [0.25, 0.3) is 189 Å². The van der Waals surface area contributed by atoms with E-state index in [2.05, 4.69) is 273 Å². The molecule has 2 radical (unpaired) electrons. The van der Waals surface area contributed by atoms with Gasteiger partial charge in [0.2, 0.25) is 17.3 Å². The van der Waals surface area contributed by atoms with Crippen molar-refractivity contribution >= 4 is 191 Å². The molecule has 24 rings (SSSR count). The van der Waals surface area contributed by atoms with E-state index in [0.29, 0.717) is 0 Å². The van der Waals surface area contributed by atoms with E-state index in [1.165, 1.54) is 0 Å². The molecule has 0 atom stereocenters. The van der Waals surface area contributed by atoms with Gasteiger partial charge in [0.15, 0.2) is 0 Å². The SMILES string of the molecule is Brc1ccc2c(c1)n1c3ccccc3nc1n2-c1ccc2oc3ccccc3c2c1.CC(C)(O)C(C)(C)O.[B]c1cccc(B2OC(C)(C)C(C)(C)O2)c1.c1cc(-c2ccc3c(c2)n2c4ccccc4nc2n3-c2ccc3oc4ccccc4c3c2)cc(-c2ccc3c(c2)n2c4ccccc4nc2n3-c2ccc3oc4ccccc4c3c2)c1. The molecule has 0 aliphatic carbocycles. The Morgan fingerprint density at radius 2 is 0.661 bits per heavy atom. The van der Waals surface area contributed by atoms with Crippen molar-refractivity contribution in [2.24, 2.45) is 0 Å². The maximum Gasteiger partial charge on any atom is 0.494 e. The summed E-state index contributed by atoms with van der Waals surface area (Å²) < 4.78 is 44.9. The molecule has 2 N–H and O–H groups in total. The van der Waals surface area contributed by atoms with Gasteiger partial charge >= 0.3 is 7.12 Å². The van der Waals surface area contributed by atoms with E-state index in [-0.39, 0.29) is 18.3 Å². The molecule has 9 aromatic heterocycles. The fourth-order valence-corrected chi connectivity index (χ4v) is 16.8. The lowest BCUT2D eigenvalue weighted by Gasteiger charge is -2.32. The number of aliphatic hydroxyl groups is 2. The Hall–Kier alpha value is -13.3. The average Bonchev–Trinajstić information content (AvgIpc) is 1.57. The highest BCUT2D eigenvalue weighted by Gasteiger charge is 2.51. The maximum absolute atomic E-state index is 9.10. The van der Waals surface area contributed by atoms with Crippen molar-refractivity contribution in [2.45, 2.75) is 77.8 Å². The first-order valence-electron chi connectivity index (χ1n) is 39.5. The van der Waals surface area contributed by atoms with E-state index in [9.17, 15) is 0 Å². The fourth-order valence-electron chi connectivity index (χ4n) is 16.4. The minimum atomic E-state index is -1.01. The van der Waals surface area contributed by atoms with Crippen LogP contribution >= 0.6 is 15.9 Å². The smallest absolute Gasteiger partial charge is 0.456 e. The summed E-state index contributed by atoms with van der Waals surface area (Å²) in [6.45, 7) is 14.5. The van der Waals surface area contributed by atoms with Crippen molar-refractivity contribution in [3.63, 3.8) is 0 Å². The molecule has 0 spiro atoms. The summed E-state index contributed by atoms with van der Waals surface area (Å²) in [4.78, 5) is 15.4. The van der Waals surface area contributed by atoms with Crippen LogP contribution in [0, 0.1) is 0 Å². The highest BCUT2D eigenvalue weighted by molar-refractivity contribution is 9.10. The van der Waals surface area contributed by atoms with Gasteiger partial charge in [-0.3, -0.25) is 26.9 Å². The van der Waals surface area contributed by atoms with Crippen LogP contribution in [0.15, 0.2) is 321 Å². The largest absolute Gasteiger partial charge is 0.494 e. The number of halogens is 1. The second kappa shape index (κ2) is 27.2. The van der Waals surface area contributed by atoms with Gasteiger partial charge in [-0.05, 0) is 241 Å². The Morgan fingerprint density at radius 1 is 0.322 bits per heavy atom. The summed E-state index contributed by atoms with van der Waals surface area (Å²) in [5.41, 5.74) is 24.7. The molecule has 118 heavy (non-hydrogen) atoms. The molecule has 1 aliphatic heterocycles. The van der Waals surface area contributed by atoms with Gasteiger partial charge in [-0.2, -0.15) is 0 Å². The minimum Gasteiger partial charge on any atom is -0.456 e. The van der Waals surface area contributed by atoms with E-state index in [1.54, 1.807) is 27.7 Å². The number of imidazole rings is 6. The molecule has 16 nitrogen and oxygen atoms in total. The van der Waals surface area contributed by atoms with Crippen LogP contribution in [-0.2, 0) is 9.31 Å². The molecule has 23 aromatic rings. The van der Waals surface area contributed by atoms with Crippen molar-refractivity contribution in [1.29, 1.82) is 0 Å². The van der Waals surface area contributed by atoms with E-state index >= 15 is 0 Å². The number of benzene rings is 14. The third-order valence-corrected chi connectivity index (χ3v) is 24.4.